The van der Waals surface area contributed by atoms with E-state index in [-0.39, 0.29) is 22.9 Å². The van der Waals surface area contributed by atoms with E-state index in [1.54, 1.807) is 17.0 Å². The quantitative estimate of drug-likeness (QED) is 0.822. The van der Waals surface area contributed by atoms with Crippen molar-refractivity contribution < 1.29 is 9.21 Å². The van der Waals surface area contributed by atoms with Crippen LogP contribution in [0.15, 0.2) is 16.5 Å². The van der Waals surface area contributed by atoms with Gasteiger partial charge in [-0.25, -0.2) is 0 Å². The molecule has 0 radical (unpaired) electrons. The molecule has 1 aliphatic rings. The molecule has 2 N–H and O–H groups in total. The molecule has 1 unspecified atom stereocenters. The fourth-order valence-corrected chi connectivity index (χ4v) is 2.27. The third-order valence-corrected chi connectivity index (χ3v) is 3.10. The van der Waals surface area contributed by atoms with Crippen molar-refractivity contribution in [2.45, 2.75) is 18.9 Å². The molecule has 1 amide bonds. The molecule has 1 saturated heterocycles. The summed E-state index contributed by atoms with van der Waals surface area (Å²) < 4.78 is 5.08. The zero-order chi connectivity index (χ0) is 11.7. The van der Waals surface area contributed by atoms with Crippen LogP contribution < -0.4 is 5.73 Å². The van der Waals surface area contributed by atoms with E-state index in [2.05, 4.69) is 0 Å². The van der Waals surface area contributed by atoms with Gasteiger partial charge in [0.2, 0.25) is 0 Å². The van der Waals surface area contributed by atoms with Gasteiger partial charge in [-0.1, -0.05) is 12.2 Å². The van der Waals surface area contributed by atoms with Gasteiger partial charge in [0.25, 0.3) is 5.91 Å². The summed E-state index contributed by atoms with van der Waals surface area (Å²) in [4.78, 5) is 14.0. The van der Waals surface area contributed by atoms with Crippen LogP contribution in [-0.4, -0.2) is 28.4 Å². The second kappa shape index (κ2) is 4.43. The van der Waals surface area contributed by atoms with Gasteiger partial charge in [-0.15, -0.1) is 0 Å². The van der Waals surface area contributed by atoms with E-state index >= 15 is 0 Å². The molecule has 1 aromatic heterocycles. The normalized spacial score (nSPS) is 20.1. The third kappa shape index (κ3) is 2.05. The van der Waals surface area contributed by atoms with E-state index in [1.165, 1.54) is 0 Å². The van der Waals surface area contributed by atoms with Crippen LogP contribution in [0.4, 0.5) is 0 Å². The summed E-state index contributed by atoms with van der Waals surface area (Å²) in [5.74, 6) is 0.0235. The number of amides is 1. The van der Waals surface area contributed by atoms with E-state index in [0.717, 1.165) is 12.8 Å². The van der Waals surface area contributed by atoms with E-state index in [0.29, 0.717) is 11.5 Å². The van der Waals surface area contributed by atoms with Crippen LogP contribution in [0.25, 0.3) is 0 Å². The van der Waals surface area contributed by atoms with Crippen LogP contribution >= 0.6 is 23.8 Å². The second-order valence-electron chi connectivity index (χ2n) is 3.66. The largest absolute Gasteiger partial charge is 0.440 e. The number of halogens is 1. The standard InChI is InChI=1S/C10H11ClN2O2S/c11-8-4-3-7(15-8)10(14)13-5-1-2-6(13)9(12)16/h3-4,6H,1-2,5H2,(H2,12,16). The predicted octanol–water partition coefficient (Wildman–Crippen LogP) is 1.82. The first-order chi connectivity index (χ1) is 7.59. The summed E-state index contributed by atoms with van der Waals surface area (Å²) >= 11 is 10.6. The van der Waals surface area contributed by atoms with Crippen molar-refractivity contribution in [3.05, 3.63) is 23.1 Å². The highest BCUT2D eigenvalue weighted by Crippen LogP contribution is 2.22. The van der Waals surface area contributed by atoms with Gasteiger partial charge in [0.15, 0.2) is 11.0 Å². The number of hydrogen-bond donors (Lipinski definition) is 1. The van der Waals surface area contributed by atoms with Crippen LogP contribution in [0.2, 0.25) is 5.22 Å². The van der Waals surface area contributed by atoms with Crippen molar-refractivity contribution in [1.29, 1.82) is 0 Å². The Bertz CT molecular complexity index is 432. The average Bonchev–Trinajstić information content (AvgIpc) is 2.84. The van der Waals surface area contributed by atoms with Crippen molar-refractivity contribution in [3.63, 3.8) is 0 Å². The number of likely N-dealkylation sites (tertiary alicyclic amines) is 1. The maximum absolute atomic E-state index is 12.0. The Morgan fingerprint density at radius 1 is 1.62 bits per heavy atom. The van der Waals surface area contributed by atoms with Gasteiger partial charge < -0.3 is 15.1 Å². The minimum absolute atomic E-state index is 0.161. The second-order valence-corrected chi connectivity index (χ2v) is 4.51. The van der Waals surface area contributed by atoms with Crippen molar-refractivity contribution >= 4 is 34.7 Å². The molecule has 1 atom stereocenters. The smallest absolute Gasteiger partial charge is 0.290 e. The first-order valence-electron chi connectivity index (χ1n) is 4.95. The summed E-state index contributed by atoms with van der Waals surface area (Å²) in [5, 5.41) is 0.203. The molecule has 6 heteroatoms. The molecule has 1 aliphatic heterocycles. The minimum atomic E-state index is -0.206. The number of carbonyl (C=O) groups is 1. The molecule has 16 heavy (non-hydrogen) atoms. The molecule has 1 fully saturated rings. The lowest BCUT2D eigenvalue weighted by Crippen LogP contribution is -2.42. The van der Waals surface area contributed by atoms with Crippen LogP contribution in [-0.2, 0) is 0 Å². The summed E-state index contributed by atoms with van der Waals surface area (Å²) in [5.41, 5.74) is 5.59. The predicted molar refractivity (Wildman–Crippen MR) is 64.6 cm³/mol. The summed E-state index contributed by atoms with van der Waals surface area (Å²) in [6.45, 7) is 0.652. The lowest BCUT2D eigenvalue weighted by molar-refractivity contribution is 0.0738. The van der Waals surface area contributed by atoms with E-state index < -0.39 is 0 Å². The number of rotatable bonds is 2. The maximum Gasteiger partial charge on any atom is 0.290 e. The van der Waals surface area contributed by atoms with Crippen LogP contribution in [0.5, 0.6) is 0 Å². The van der Waals surface area contributed by atoms with E-state index in [9.17, 15) is 4.79 Å². The molecule has 86 valence electrons. The lowest BCUT2D eigenvalue weighted by atomic mass is 10.2. The molecule has 2 heterocycles. The molecule has 4 nitrogen and oxygen atoms in total. The first-order valence-corrected chi connectivity index (χ1v) is 5.74. The number of nitrogens with two attached hydrogens (primary N) is 1. The lowest BCUT2D eigenvalue weighted by Gasteiger charge is -2.22. The Morgan fingerprint density at radius 2 is 2.38 bits per heavy atom. The molecule has 0 aliphatic carbocycles. The Morgan fingerprint density at radius 3 is 2.94 bits per heavy atom. The minimum Gasteiger partial charge on any atom is -0.440 e. The summed E-state index contributed by atoms with van der Waals surface area (Å²) in [6, 6.07) is 2.94. The molecule has 0 bridgehead atoms. The Labute approximate surface area is 103 Å². The van der Waals surface area contributed by atoms with Crippen molar-refractivity contribution in [1.82, 2.24) is 4.90 Å². The van der Waals surface area contributed by atoms with E-state index in [4.69, 9.17) is 34.0 Å². The van der Waals surface area contributed by atoms with Gasteiger partial charge in [0, 0.05) is 6.54 Å². The van der Waals surface area contributed by atoms with Gasteiger partial charge in [0.05, 0.1) is 11.0 Å². The van der Waals surface area contributed by atoms with Crippen LogP contribution in [0.3, 0.4) is 0 Å². The number of thiocarbonyl (C=S) groups is 1. The maximum atomic E-state index is 12.0. The fourth-order valence-electron chi connectivity index (χ4n) is 1.88. The summed E-state index contributed by atoms with van der Waals surface area (Å²) in [6.07, 6.45) is 1.72. The third-order valence-electron chi connectivity index (χ3n) is 2.63. The van der Waals surface area contributed by atoms with Crippen molar-refractivity contribution in [2.24, 2.45) is 5.73 Å². The number of furan rings is 1. The first kappa shape index (κ1) is 11.4. The van der Waals surface area contributed by atoms with Crippen molar-refractivity contribution in [2.75, 3.05) is 6.54 Å². The molecule has 0 spiro atoms. The van der Waals surface area contributed by atoms with Gasteiger partial charge in [-0.2, -0.15) is 0 Å². The molecule has 0 saturated carbocycles. The zero-order valence-corrected chi connectivity index (χ0v) is 10.1. The van der Waals surface area contributed by atoms with Crippen LogP contribution in [0.1, 0.15) is 23.4 Å². The number of nitrogens with zero attached hydrogens (tertiary/aromatic N) is 1. The Hall–Kier alpha value is -1.07. The topological polar surface area (TPSA) is 59.5 Å². The number of carbonyl (C=O) groups excluding carboxylic acids is 1. The Balaban J connectivity index is 2.18. The Kier molecular flexibility index (Phi) is 3.16. The average molecular weight is 259 g/mol. The molecular weight excluding hydrogens is 248 g/mol. The van der Waals surface area contributed by atoms with Gasteiger partial charge in [0.1, 0.15) is 0 Å². The molecule has 2 rings (SSSR count). The zero-order valence-electron chi connectivity index (χ0n) is 8.48. The summed E-state index contributed by atoms with van der Waals surface area (Å²) in [7, 11) is 0. The molecule has 1 aromatic rings. The number of hydrogen-bond acceptors (Lipinski definition) is 3. The highest BCUT2D eigenvalue weighted by atomic mass is 35.5. The van der Waals surface area contributed by atoms with Gasteiger partial charge in [-0.05, 0) is 36.6 Å². The highest BCUT2D eigenvalue weighted by Gasteiger charge is 2.32. The van der Waals surface area contributed by atoms with Crippen molar-refractivity contribution in [3.8, 4) is 0 Å². The van der Waals surface area contributed by atoms with Crippen LogP contribution in [0, 0.1) is 0 Å². The van der Waals surface area contributed by atoms with Gasteiger partial charge in [-0.3, -0.25) is 4.79 Å². The van der Waals surface area contributed by atoms with E-state index in [1.807, 2.05) is 0 Å². The SMILES string of the molecule is NC(=S)C1CCCN1C(=O)c1ccc(Cl)o1. The fraction of sp³-hybridized carbons (Fsp3) is 0.400. The van der Waals surface area contributed by atoms with Gasteiger partial charge >= 0.3 is 0 Å². The highest BCUT2D eigenvalue weighted by molar-refractivity contribution is 7.80. The monoisotopic (exact) mass is 258 g/mol. The molecular formula is C10H11ClN2O2S. The molecule has 0 aromatic carbocycles.